The molecule has 1 amide bonds. The number of sulfonamides is 1. The third-order valence-electron chi connectivity index (χ3n) is 5.12. The van der Waals surface area contributed by atoms with Gasteiger partial charge in [-0.1, -0.05) is 6.07 Å². The Balaban J connectivity index is 1.77. The number of fused-ring (bicyclic) bond motifs is 2. The predicted molar refractivity (Wildman–Crippen MR) is 107 cm³/mol. The zero-order valence-electron chi connectivity index (χ0n) is 15.9. The molecule has 0 heterocycles. The molecule has 2 aliphatic carbocycles. The maximum atomic E-state index is 12.5. The summed E-state index contributed by atoms with van der Waals surface area (Å²) in [5.41, 5.74) is 11.8. The fourth-order valence-electron chi connectivity index (χ4n) is 3.93. The van der Waals surface area contributed by atoms with Crippen LogP contribution in [0.2, 0.25) is 0 Å². The van der Waals surface area contributed by atoms with Gasteiger partial charge in [-0.2, -0.15) is 8.42 Å². The fraction of sp³-hybridized carbons (Fsp3) is 0.500. The molecule has 0 bridgehead atoms. The molecule has 2 aliphatic rings. The van der Waals surface area contributed by atoms with Gasteiger partial charge in [0.15, 0.2) is 0 Å². The number of aryl methyl sites for hydroxylation is 2. The number of nitrogens with zero attached hydrogens (tertiary/aromatic N) is 1. The van der Waals surface area contributed by atoms with Gasteiger partial charge in [0.25, 0.3) is 10.0 Å². The molecular weight excluding hydrogens is 362 g/mol. The fourth-order valence-corrected chi connectivity index (χ4v) is 4.66. The third kappa shape index (κ3) is 4.40. The largest absolute Gasteiger partial charge is 0.388 e. The van der Waals surface area contributed by atoms with Crippen LogP contribution in [0.4, 0.5) is 0 Å². The number of allylic oxidation sites excluding steroid dienone is 1. The van der Waals surface area contributed by atoms with Crippen LogP contribution in [0.3, 0.4) is 0 Å². The van der Waals surface area contributed by atoms with Gasteiger partial charge >= 0.3 is 0 Å². The topological polar surface area (TPSA) is 102 Å². The molecule has 0 aromatic heterocycles. The Morgan fingerprint density at radius 1 is 1.19 bits per heavy atom. The summed E-state index contributed by atoms with van der Waals surface area (Å²) in [5, 5.41) is -0.413. The van der Waals surface area contributed by atoms with E-state index in [1.165, 1.54) is 34.5 Å². The highest BCUT2D eigenvalue weighted by Crippen LogP contribution is 2.35. The van der Waals surface area contributed by atoms with Crippen LogP contribution in [0.5, 0.6) is 0 Å². The van der Waals surface area contributed by atoms with Gasteiger partial charge in [0, 0.05) is 12.3 Å². The number of hydrogen-bond donors (Lipinski definition) is 2. The van der Waals surface area contributed by atoms with Crippen molar-refractivity contribution in [2.75, 3.05) is 0 Å². The number of aliphatic imine (C=N–C) groups is 1. The normalized spacial score (nSPS) is 16.8. The lowest BCUT2D eigenvalue weighted by molar-refractivity contribution is -0.118. The molecule has 7 heteroatoms. The summed E-state index contributed by atoms with van der Waals surface area (Å²) in [6.07, 6.45) is 8.83. The molecule has 3 rings (SSSR count). The van der Waals surface area contributed by atoms with Crippen molar-refractivity contribution in [3.05, 3.63) is 45.0 Å². The Hall–Kier alpha value is -2.15. The quantitative estimate of drug-likeness (QED) is 0.726. The van der Waals surface area contributed by atoms with Crippen molar-refractivity contribution in [2.24, 2.45) is 10.7 Å². The summed E-state index contributed by atoms with van der Waals surface area (Å²) in [7, 11) is -4.06. The molecule has 0 radical (unpaired) electrons. The first kappa shape index (κ1) is 19.6. The van der Waals surface area contributed by atoms with Crippen LogP contribution < -0.4 is 10.5 Å². The van der Waals surface area contributed by atoms with Crippen LogP contribution in [0.1, 0.15) is 54.5 Å². The summed E-state index contributed by atoms with van der Waals surface area (Å²) < 4.78 is 26.7. The molecule has 27 heavy (non-hydrogen) atoms. The monoisotopic (exact) mass is 389 g/mol. The van der Waals surface area contributed by atoms with Gasteiger partial charge < -0.3 is 5.73 Å². The van der Waals surface area contributed by atoms with Crippen LogP contribution >= 0.6 is 0 Å². The number of hydrogen-bond acceptors (Lipinski definition) is 5. The molecule has 0 fully saturated rings. The minimum absolute atomic E-state index is 0.0358. The first-order valence-electron chi connectivity index (χ1n) is 9.48. The predicted octanol–water partition coefficient (Wildman–Crippen LogP) is 1.93. The van der Waals surface area contributed by atoms with Crippen LogP contribution in [0.15, 0.2) is 22.2 Å². The van der Waals surface area contributed by atoms with E-state index in [-0.39, 0.29) is 12.5 Å². The minimum atomic E-state index is -4.06. The van der Waals surface area contributed by atoms with Crippen molar-refractivity contribution in [3.8, 4) is 0 Å². The van der Waals surface area contributed by atoms with Crippen molar-refractivity contribution in [2.45, 2.75) is 64.8 Å². The number of benzene rings is 1. The maximum Gasteiger partial charge on any atom is 0.279 e. The van der Waals surface area contributed by atoms with Crippen molar-refractivity contribution in [1.29, 1.82) is 0 Å². The molecule has 0 saturated heterocycles. The summed E-state index contributed by atoms with van der Waals surface area (Å²) in [6, 6.07) is 2.33. The molecule has 146 valence electrons. The summed E-state index contributed by atoms with van der Waals surface area (Å²) in [6.45, 7) is 3.74. The second kappa shape index (κ2) is 7.84. The van der Waals surface area contributed by atoms with Crippen molar-refractivity contribution < 1.29 is 13.2 Å². The second-order valence-corrected chi connectivity index (χ2v) is 9.19. The number of rotatable bonds is 6. The van der Waals surface area contributed by atoms with Crippen LogP contribution in [-0.2, 0) is 46.9 Å². The summed E-state index contributed by atoms with van der Waals surface area (Å²) in [5.74, 6) is -0.540. The lowest BCUT2D eigenvalue weighted by Crippen LogP contribution is -2.35. The van der Waals surface area contributed by atoms with Crippen LogP contribution in [0.25, 0.3) is 0 Å². The second-order valence-electron chi connectivity index (χ2n) is 7.50. The van der Waals surface area contributed by atoms with E-state index in [0.717, 1.165) is 44.1 Å². The van der Waals surface area contributed by atoms with E-state index in [1.54, 1.807) is 0 Å². The van der Waals surface area contributed by atoms with Gasteiger partial charge in [-0.05, 0) is 86.3 Å². The Labute approximate surface area is 161 Å². The van der Waals surface area contributed by atoms with E-state index in [9.17, 15) is 13.2 Å². The number of amides is 1. The summed E-state index contributed by atoms with van der Waals surface area (Å²) in [4.78, 5) is 16.6. The average Bonchev–Trinajstić information content (AvgIpc) is 3.22. The SMILES string of the molecule is CC(C)N=CC=C(N)S(=O)(=O)NC(=O)Cc1c2c(cc3c1CCC3)CCC2. The van der Waals surface area contributed by atoms with Gasteiger partial charge in [0.05, 0.1) is 6.42 Å². The number of carbonyl (C=O) groups is 1. The first-order valence-corrected chi connectivity index (χ1v) is 11.0. The Morgan fingerprint density at radius 3 is 2.33 bits per heavy atom. The molecule has 1 aromatic carbocycles. The van der Waals surface area contributed by atoms with Crippen molar-refractivity contribution in [3.63, 3.8) is 0 Å². The zero-order chi connectivity index (χ0) is 19.6. The minimum Gasteiger partial charge on any atom is -0.388 e. The lowest BCUT2D eigenvalue weighted by atomic mass is 9.92. The van der Waals surface area contributed by atoms with Crippen LogP contribution in [-0.4, -0.2) is 26.6 Å². The Bertz CT molecular complexity index is 883. The van der Waals surface area contributed by atoms with E-state index >= 15 is 0 Å². The highest BCUT2D eigenvalue weighted by molar-refractivity contribution is 7.93. The molecule has 0 atom stereocenters. The molecule has 0 aliphatic heterocycles. The molecule has 0 spiro atoms. The van der Waals surface area contributed by atoms with E-state index in [4.69, 9.17) is 5.73 Å². The number of nitrogens with one attached hydrogen (secondary N) is 1. The first-order chi connectivity index (χ1) is 12.8. The van der Waals surface area contributed by atoms with Crippen molar-refractivity contribution >= 4 is 22.1 Å². The van der Waals surface area contributed by atoms with E-state index in [2.05, 4.69) is 15.8 Å². The highest BCUT2D eigenvalue weighted by atomic mass is 32.2. The third-order valence-corrected chi connectivity index (χ3v) is 6.37. The molecule has 0 saturated carbocycles. The number of nitrogens with two attached hydrogens (primary N) is 1. The highest BCUT2D eigenvalue weighted by Gasteiger charge is 2.26. The standard InChI is InChI=1S/C20H27N3O3S/c1-13(2)22-10-9-19(21)27(25,26)23-20(24)12-18-16-7-3-5-14(16)11-15-6-4-8-17(15)18/h9-11,13H,3-8,12,21H2,1-2H3,(H,23,24). The molecule has 1 aromatic rings. The zero-order valence-corrected chi connectivity index (χ0v) is 16.7. The van der Waals surface area contributed by atoms with Crippen molar-refractivity contribution in [1.82, 2.24) is 4.72 Å². The molecular formula is C20H27N3O3S. The smallest absolute Gasteiger partial charge is 0.279 e. The molecule has 0 unspecified atom stereocenters. The van der Waals surface area contributed by atoms with E-state index < -0.39 is 21.0 Å². The van der Waals surface area contributed by atoms with Gasteiger partial charge in [0.1, 0.15) is 5.03 Å². The van der Waals surface area contributed by atoms with Crippen LogP contribution in [0, 0.1) is 0 Å². The average molecular weight is 390 g/mol. The lowest BCUT2D eigenvalue weighted by Gasteiger charge is -2.15. The Kier molecular flexibility index (Phi) is 5.69. The van der Waals surface area contributed by atoms with Gasteiger partial charge in [-0.3, -0.25) is 9.79 Å². The van der Waals surface area contributed by atoms with Gasteiger partial charge in [0.2, 0.25) is 5.91 Å². The van der Waals surface area contributed by atoms with E-state index in [1.807, 2.05) is 13.8 Å². The molecule has 6 nitrogen and oxygen atoms in total. The molecule has 3 N–H and O–H groups in total. The van der Waals surface area contributed by atoms with Gasteiger partial charge in [-0.15, -0.1) is 0 Å². The van der Waals surface area contributed by atoms with Gasteiger partial charge in [-0.25, -0.2) is 4.72 Å². The maximum absolute atomic E-state index is 12.5. The summed E-state index contributed by atoms with van der Waals surface area (Å²) >= 11 is 0. The number of carbonyl (C=O) groups excluding carboxylic acids is 1. The van der Waals surface area contributed by atoms with E-state index in [0.29, 0.717) is 0 Å². The Morgan fingerprint density at radius 2 is 1.78 bits per heavy atom.